The summed E-state index contributed by atoms with van der Waals surface area (Å²) < 4.78 is 5.93. The lowest BCUT2D eigenvalue weighted by Gasteiger charge is -2.46. The van der Waals surface area contributed by atoms with Crippen LogP contribution in [0.3, 0.4) is 0 Å². The Morgan fingerprint density at radius 2 is 2.12 bits per heavy atom. The molecule has 1 fully saturated rings. The van der Waals surface area contributed by atoms with Crippen molar-refractivity contribution in [2.45, 2.75) is 58.8 Å². The molecule has 0 bridgehead atoms. The Morgan fingerprint density at radius 3 is 2.56 bits per heavy atom. The summed E-state index contributed by atoms with van der Waals surface area (Å²) in [4.78, 5) is 2.52. The van der Waals surface area contributed by atoms with E-state index in [1.165, 1.54) is 6.42 Å². The van der Waals surface area contributed by atoms with Gasteiger partial charge in [0.1, 0.15) is 0 Å². The average Bonchev–Trinajstić information content (AvgIpc) is 2.15. The van der Waals surface area contributed by atoms with E-state index in [0.29, 0.717) is 18.1 Å². The Bertz CT molecular complexity index is 218. The second-order valence-corrected chi connectivity index (χ2v) is 5.81. The summed E-state index contributed by atoms with van der Waals surface area (Å²) in [5.74, 6) is 0.658. The molecule has 3 nitrogen and oxygen atoms in total. The summed E-state index contributed by atoms with van der Waals surface area (Å²) in [6.45, 7) is 13.8. The van der Waals surface area contributed by atoms with Crippen molar-refractivity contribution in [3.05, 3.63) is 0 Å². The van der Waals surface area contributed by atoms with Crippen LogP contribution in [0.5, 0.6) is 0 Å². The van der Waals surface area contributed by atoms with E-state index in [9.17, 15) is 0 Å². The van der Waals surface area contributed by atoms with Crippen LogP contribution in [0.25, 0.3) is 0 Å². The highest BCUT2D eigenvalue weighted by atomic mass is 16.5. The number of rotatable bonds is 4. The molecule has 1 saturated heterocycles. The van der Waals surface area contributed by atoms with Gasteiger partial charge in [0.15, 0.2) is 0 Å². The van der Waals surface area contributed by atoms with Crippen molar-refractivity contribution in [3.8, 4) is 0 Å². The predicted octanol–water partition coefficient (Wildman–Crippen LogP) is 1.86. The number of hydrogen-bond acceptors (Lipinski definition) is 3. The SMILES string of the molecule is CCC(C)C(CN)N1CC(C)OC(C)(C)C1. The standard InChI is InChI=1S/C13H28N2O/c1-6-10(2)12(7-14)15-8-11(3)16-13(4,5)9-15/h10-12H,6-9,14H2,1-5H3. The molecule has 96 valence electrons. The first-order valence-electron chi connectivity index (χ1n) is 6.51. The Hall–Kier alpha value is -0.120. The number of hydrogen-bond donors (Lipinski definition) is 1. The van der Waals surface area contributed by atoms with Crippen LogP contribution in [0.1, 0.15) is 41.0 Å². The molecule has 0 saturated carbocycles. The van der Waals surface area contributed by atoms with E-state index >= 15 is 0 Å². The molecule has 0 amide bonds. The summed E-state index contributed by atoms with van der Waals surface area (Å²) in [7, 11) is 0. The van der Waals surface area contributed by atoms with Gasteiger partial charge in [0.05, 0.1) is 11.7 Å². The fourth-order valence-corrected chi connectivity index (χ4v) is 2.77. The Morgan fingerprint density at radius 1 is 1.50 bits per heavy atom. The minimum atomic E-state index is -0.0431. The molecule has 0 aromatic carbocycles. The molecule has 1 aliphatic rings. The topological polar surface area (TPSA) is 38.5 Å². The monoisotopic (exact) mass is 228 g/mol. The number of morpholine rings is 1. The van der Waals surface area contributed by atoms with Gasteiger partial charge >= 0.3 is 0 Å². The van der Waals surface area contributed by atoms with Crippen LogP contribution in [0.2, 0.25) is 0 Å². The summed E-state index contributed by atoms with van der Waals surface area (Å²) in [6, 6.07) is 0.496. The molecule has 3 unspecified atom stereocenters. The first-order chi connectivity index (χ1) is 7.39. The van der Waals surface area contributed by atoms with Gasteiger partial charge in [-0.3, -0.25) is 4.90 Å². The van der Waals surface area contributed by atoms with Crippen molar-refractivity contribution >= 4 is 0 Å². The number of nitrogens with two attached hydrogens (primary N) is 1. The number of nitrogens with zero attached hydrogens (tertiary/aromatic N) is 1. The molecule has 1 rings (SSSR count). The zero-order valence-corrected chi connectivity index (χ0v) is 11.5. The van der Waals surface area contributed by atoms with E-state index in [-0.39, 0.29) is 5.60 Å². The van der Waals surface area contributed by atoms with Gasteiger partial charge < -0.3 is 10.5 Å². The highest BCUT2D eigenvalue weighted by Crippen LogP contribution is 2.25. The molecular formula is C13H28N2O. The molecule has 1 aliphatic heterocycles. The van der Waals surface area contributed by atoms with Gasteiger partial charge in [0.2, 0.25) is 0 Å². The molecule has 0 aromatic rings. The van der Waals surface area contributed by atoms with Crippen LogP contribution < -0.4 is 5.73 Å². The molecule has 2 N–H and O–H groups in total. The third-order valence-electron chi connectivity index (χ3n) is 3.61. The summed E-state index contributed by atoms with van der Waals surface area (Å²) in [5, 5.41) is 0. The van der Waals surface area contributed by atoms with Crippen molar-refractivity contribution in [2.75, 3.05) is 19.6 Å². The highest BCUT2D eigenvalue weighted by molar-refractivity contribution is 4.88. The van der Waals surface area contributed by atoms with Crippen LogP contribution in [-0.2, 0) is 4.74 Å². The second kappa shape index (κ2) is 5.48. The normalized spacial score (nSPS) is 30.0. The minimum absolute atomic E-state index is 0.0431. The van der Waals surface area contributed by atoms with Gasteiger partial charge in [0.25, 0.3) is 0 Å². The maximum Gasteiger partial charge on any atom is 0.0757 e. The third-order valence-corrected chi connectivity index (χ3v) is 3.61. The van der Waals surface area contributed by atoms with Gasteiger partial charge in [0, 0.05) is 25.7 Å². The van der Waals surface area contributed by atoms with Crippen LogP contribution in [-0.4, -0.2) is 42.3 Å². The van der Waals surface area contributed by atoms with Crippen LogP contribution in [0.4, 0.5) is 0 Å². The molecule has 0 aliphatic carbocycles. The predicted molar refractivity (Wildman–Crippen MR) is 68.5 cm³/mol. The fraction of sp³-hybridized carbons (Fsp3) is 1.00. The van der Waals surface area contributed by atoms with Crippen molar-refractivity contribution in [1.82, 2.24) is 4.90 Å². The maximum atomic E-state index is 5.93. The van der Waals surface area contributed by atoms with Gasteiger partial charge in [-0.1, -0.05) is 20.3 Å². The molecule has 3 atom stereocenters. The molecule has 0 spiro atoms. The smallest absolute Gasteiger partial charge is 0.0757 e. The highest BCUT2D eigenvalue weighted by Gasteiger charge is 2.35. The van der Waals surface area contributed by atoms with E-state index in [1.54, 1.807) is 0 Å². The molecule has 3 heteroatoms. The first kappa shape index (κ1) is 13.9. The first-order valence-corrected chi connectivity index (χ1v) is 6.51. The van der Waals surface area contributed by atoms with Gasteiger partial charge in [-0.05, 0) is 26.7 Å². The molecule has 1 heterocycles. The Labute approximate surface area is 100 Å². The van der Waals surface area contributed by atoms with Crippen LogP contribution in [0.15, 0.2) is 0 Å². The van der Waals surface area contributed by atoms with E-state index in [2.05, 4.69) is 39.5 Å². The molecular weight excluding hydrogens is 200 g/mol. The summed E-state index contributed by atoms with van der Waals surface area (Å²) >= 11 is 0. The number of ether oxygens (including phenoxy) is 1. The van der Waals surface area contributed by atoms with Gasteiger partial charge in [-0.25, -0.2) is 0 Å². The Kier molecular flexibility index (Phi) is 4.77. The lowest BCUT2D eigenvalue weighted by Crippen LogP contribution is -2.58. The van der Waals surface area contributed by atoms with Crippen LogP contribution in [0, 0.1) is 5.92 Å². The van der Waals surface area contributed by atoms with Crippen molar-refractivity contribution in [2.24, 2.45) is 11.7 Å². The van der Waals surface area contributed by atoms with Crippen molar-refractivity contribution in [3.63, 3.8) is 0 Å². The average molecular weight is 228 g/mol. The summed E-state index contributed by atoms with van der Waals surface area (Å²) in [6.07, 6.45) is 1.50. The quantitative estimate of drug-likeness (QED) is 0.798. The lowest BCUT2D eigenvalue weighted by atomic mass is 9.94. The zero-order chi connectivity index (χ0) is 12.3. The minimum Gasteiger partial charge on any atom is -0.370 e. The van der Waals surface area contributed by atoms with Crippen LogP contribution >= 0.6 is 0 Å². The van der Waals surface area contributed by atoms with E-state index in [0.717, 1.165) is 19.6 Å². The molecule has 0 radical (unpaired) electrons. The summed E-state index contributed by atoms with van der Waals surface area (Å²) in [5.41, 5.74) is 5.89. The fourth-order valence-electron chi connectivity index (χ4n) is 2.77. The van der Waals surface area contributed by atoms with Gasteiger partial charge in [-0.2, -0.15) is 0 Å². The molecule has 16 heavy (non-hydrogen) atoms. The zero-order valence-electron chi connectivity index (χ0n) is 11.5. The second-order valence-electron chi connectivity index (χ2n) is 5.81. The largest absolute Gasteiger partial charge is 0.370 e. The van der Waals surface area contributed by atoms with E-state index in [1.807, 2.05) is 0 Å². The lowest BCUT2D eigenvalue weighted by molar-refractivity contribution is -0.141. The van der Waals surface area contributed by atoms with E-state index in [4.69, 9.17) is 10.5 Å². The van der Waals surface area contributed by atoms with Crippen molar-refractivity contribution in [1.29, 1.82) is 0 Å². The maximum absolute atomic E-state index is 5.93. The Balaban J connectivity index is 2.70. The molecule has 0 aromatic heterocycles. The van der Waals surface area contributed by atoms with Gasteiger partial charge in [-0.15, -0.1) is 0 Å². The van der Waals surface area contributed by atoms with E-state index < -0.39 is 0 Å². The van der Waals surface area contributed by atoms with Crippen molar-refractivity contribution < 1.29 is 4.74 Å². The third kappa shape index (κ3) is 3.44.